The van der Waals surface area contributed by atoms with E-state index < -0.39 is 46.7 Å². The molecule has 1 aromatic rings. The van der Waals surface area contributed by atoms with E-state index in [2.05, 4.69) is 23.3 Å². The molecule has 3 unspecified atom stereocenters. The molecular formula is C19H25F3N2O4S. The van der Waals surface area contributed by atoms with Crippen molar-refractivity contribution in [3.05, 3.63) is 35.4 Å². The molecule has 0 saturated heterocycles. The first-order chi connectivity index (χ1) is 13.2. The molecule has 3 atom stereocenters. The Bertz CT molecular complexity index is 718. The highest BCUT2D eigenvalue weighted by atomic mass is 32.1. The van der Waals surface area contributed by atoms with Gasteiger partial charge in [-0.15, -0.1) is 0 Å². The van der Waals surface area contributed by atoms with Gasteiger partial charge in [0.05, 0.1) is 5.56 Å². The van der Waals surface area contributed by atoms with Crippen LogP contribution in [0.1, 0.15) is 50.5 Å². The van der Waals surface area contributed by atoms with E-state index in [4.69, 9.17) is 4.74 Å². The normalized spacial score (nSPS) is 15.0. The molecule has 0 bridgehead atoms. The first kappa shape index (κ1) is 24.8. The highest BCUT2D eigenvalue weighted by Gasteiger charge is 2.31. The van der Waals surface area contributed by atoms with E-state index >= 15 is 0 Å². The van der Waals surface area contributed by atoms with Gasteiger partial charge in [-0.2, -0.15) is 25.8 Å². The van der Waals surface area contributed by atoms with Crippen molar-refractivity contribution in [3.8, 4) is 0 Å². The van der Waals surface area contributed by atoms with Crippen molar-refractivity contribution >= 4 is 30.9 Å². The summed E-state index contributed by atoms with van der Waals surface area (Å²) in [7, 11) is 0. The lowest BCUT2D eigenvalue weighted by Gasteiger charge is -2.25. The van der Waals surface area contributed by atoms with Gasteiger partial charge in [-0.1, -0.05) is 12.1 Å². The Morgan fingerprint density at radius 2 is 1.69 bits per heavy atom. The Kier molecular flexibility index (Phi) is 8.55. The lowest BCUT2D eigenvalue weighted by Crippen LogP contribution is -2.51. The molecule has 162 valence electrons. The molecule has 0 aliphatic heterocycles. The molecule has 29 heavy (non-hydrogen) atoms. The first-order valence-electron chi connectivity index (χ1n) is 8.83. The standard InChI is InChI=1S/C19H25F3N2O4S/c1-11(15(29)12-5-7-13(8-6-12)19(20,21)22)23-16(26)14(9-10-25)24-17(27)28-18(2,3)4/h5-8,10-11,14-15,29H,9H2,1-4H3,(H,23,26)(H,24,27). The van der Waals surface area contributed by atoms with Crippen LogP contribution in [0.25, 0.3) is 0 Å². The number of nitrogens with one attached hydrogen (secondary N) is 2. The Balaban J connectivity index is 2.78. The molecule has 0 radical (unpaired) electrons. The maximum absolute atomic E-state index is 12.7. The largest absolute Gasteiger partial charge is 0.444 e. The fourth-order valence-electron chi connectivity index (χ4n) is 2.34. The van der Waals surface area contributed by atoms with Crippen LogP contribution < -0.4 is 10.6 Å². The Hall–Kier alpha value is -2.23. The number of alkyl halides is 3. The summed E-state index contributed by atoms with van der Waals surface area (Å²) in [5.41, 5.74) is -1.09. The third-order valence-corrected chi connectivity index (χ3v) is 4.51. The van der Waals surface area contributed by atoms with E-state index in [9.17, 15) is 27.6 Å². The van der Waals surface area contributed by atoms with Crippen LogP contribution in [0.2, 0.25) is 0 Å². The molecule has 1 aromatic carbocycles. The predicted molar refractivity (Wildman–Crippen MR) is 105 cm³/mol. The van der Waals surface area contributed by atoms with Crippen molar-refractivity contribution in [2.75, 3.05) is 0 Å². The molecule has 0 saturated carbocycles. The maximum atomic E-state index is 12.7. The van der Waals surface area contributed by atoms with E-state index in [1.54, 1.807) is 27.7 Å². The number of benzene rings is 1. The van der Waals surface area contributed by atoms with Crippen molar-refractivity contribution in [1.82, 2.24) is 10.6 Å². The minimum atomic E-state index is -4.44. The van der Waals surface area contributed by atoms with Crippen molar-refractivity contribution in [3.63, 3.8) is 0 Å². The number of aldehydes is 1. The van der Waals surface area contributed by atoms with Crippen LogP contribution in [0.15, 0.2) is 24.3 Å². The number of ether oxygens (including phenoxy) is 1. The van der Waals surface area contributed by atoms with Gasteiger partial charge in [0.2, 0.25) is 5.91 Å². The van der Waals surface area contributed by atoms with E-state index in [-0.39, 0.29) is 6.42 Å². The number of carbonyl (C=O) groups is 3. The summed E-state index contributed by atoms with van der Waals surface area (Å²) < 4.78 is 43.1. The molecule has 1 rings (SSSR count). The molecule has 0 aliphatic carbocycles. The molecule has 6 nitrogen and oxygen atoms in total. The van der Waals surface area contributed by atoms with Gasteiger partial charge in [-0.3, -0.25) is 4.79 Å². The Morgan fingerprint density at radius 1 is 1.14 bits per heavy atom. The lowest BCUT2D eigenvalue weighted by atomic mass is 10.0. The second-order valence-electron chi connectivity index (χ2n) is 7.46. The summed E-state index contributed by atoms with van der Waals surface area (Å²) >= 11 is 4.37. The molecule has 0 spiro atoms. The summed E-state index contributed by atoms with van der Waals surface area (Å²) in [6.07, 6.45) is -5.08. The number of alkyl carbamates (subject to hydrolysis) is 1. The first-order valence-corrected chi connectivity index (χ1v) is 9.35. The molecule has 0 aliphatic rings. The molecule has 10 heteroatoms. The fourth-order valence-corrected chi connectivity index (χ4v) is 2.59. The third kappa shape index (κ3) is 8.35. The predicted octanol–water partition coefficient (Wildman–Crippen LogP) is 3.66. The van der Waals surface area contributed by atoms with Gasteiger partial charge in [0.15, 0.2) is 0 Å². The molecule has 0 heterocycles. The summed E-state index contributed by atoms with van der Waals surface area (Å²) in [5, 5.41) is 4.33. The van der Waals surface area contributed by atoms with Gasteiger partial charge in [-0.05, 0) is 45.4 Å². The average molecular weight is 434 g/mol. The van der Waals surface area contributed by atoms with E-state index in [0.717, 1.165) is 12.1 Å². The monoisotopic (exact) mass is 434 g/mol. The second-order valence-corrected chi connectivity index (χ2v) is 8.02. The quantitative estimate of drug-likeness (QED) is 0.452. The topological polar surface area (TPSA) is 84.5 Å². The number of rotatable bonds is 7. The van der Waals surface area contributed by atoms with Crippen molar-refractivity contribution < 1.29 is 32.3 Å². The highest BCUT2D eigenvalue weighted by Crippen LogP contribution is 2.31. The number of carbonyl (C=O) groups excluding carboxylic acids is 3. The zero-order valence-corrected chi connectivity index (χ0v) is 17.4. The lowest BCUT2D eigenvalue weighted by molar-refractivity contribution is -0.137. The van der Waals surface area contributed by atoms with E-state index in [1.807, 2.05) is 0 Å². The van der Waals surface area contributed by atoms with Crippen LogP contribution in [-0.2, 0) is 20.5 Å². The molecule has 0 aromatic heterocycles. The fraction of sp³-hybridized carbons (Fsp3) is 0.526. The summed E-state index contributed by atoms with van der Waals surface area (Å²) in [5.74, 6) is -0.638. The van der Waals surface area contributed by atoms with Crippen LogP contribution in [-0.4, -0.2) is 36.0 Å². The van der Waals surface area contributed by atoms with Gasteiger partial charge >= 0.3 is 12.3 Å². The zero-order chi connectivity index (χ0) is 22.4. The van der Waals surface area contributed by atoms with Crippen molar-refractivity contribution in [1.29, 1.82) is 0 Å². The van der Waals surface area contributed by atoms with Crippen LogP contribution in [0.5, 0.6) is 0 Å². The van der Waals surface area contributed by atoms with Gasteiger partial charge < -0.3 is 20.2 Å². The van der Waals surface area contributed by atoms with Crippen molar-refractivity contribution in [2.24, 2.45) is 0 Å². The van der Waals surface area contributed by atoms with Crippen LogP contribution >= 0.6 is 12.6 Å². The summed E-state index contributed by atoms with van der Waals surface area (Å²) in [6, 6.07) is 2.68. The number of hydrogen-bond acceptors (Lipinski definition) is 5. The van der Waals surface area contributed by atoms with Crippen molar-refractivity contribution in [2.45, 2.75) is 63.2 Å². The van der Waals surface area contributed by atoms with E-state index in [0.29, 0.717) is 11.8 Å². The van der Waals surface area contributed by atoms with Gasteiger partial charge in [0.25, 0.3) is 0 Å². The average Bonchev–Trinajstić information content (AvgIpc) is 2.58. The number of halogens is 3. The number of amides is 2. The van der Waals surface area contributed by atoms with E-state index in [1.165, 1.54) is 12.1 Å². The van der Waals surface area contributed by atoms with Gasteiger partial charge in [0, 0.05) is 17.7 Å². The number of hydrogen-bond donors (Lipinski definition) is 3. The van der Waals surface area contributed by atoms with Crippen LogP contribution in [0, 0.1) is 0 Å². The smallest absolute Gasteiger partial charge is 0.416 e. The van der Waals surface area contributed by atoms with Gasteiger partial charge in [-0.25, -0.2) is 4.79 Å². The van der Waals surface area contributed by atoms with Crippen LogP contribution in [0.3, 0.4) is 0 Å². The Morgan fingerprint density at radius 3 is 2.14 bits per heavy atom. The minimum Gasteiger partial charge on any atom is -0.444 e. The maximum Gasteiger partial charge on any atom is 0.416 e. The molecule has 2 N–H and O–H groups in total. The zero-order valence-electron chi connectivity index (χ0n) is 16.5. The Labute approximate surface area is 173 Å². The summed E-state index contributed by atoms with van der Waals surface area (Å²) in [4.78, 5) is 35.2. The molecular weight excluding hydrogens is 409 g/mol. The number of thiol groups is 1. The highest BCUT2D eigenvalue weighted by molar-refractivity contribution is 7.80. The van der Waals surface area contributed by atoms with Gasteiger partial charge in [0.1, 0.15) is 17.9 Å². The summed E-state index contributed by atoms with van der Waals surface area (Å²) in [6.45, 7) is 6.57. The van der Waals surface area contributed by atoms with Crippen LogP contribution in [0.4, 0.5) is 18.0 Å². The molecule has 2 amide bonds. The second kappa shape index (κ2) is 10.00. The molecule has 0 fully saturated rings. The third-order valence-electron chi connectivity index (χ3n) is 3.76. The minimum absolute atomic E-state index is 0.269. The SMILES string of the molecule is CC(NC(=O)C(CC=O)NC(=O)OC(C)(C)C)C(S)c1ccc(C(F)(F)F)cc1.